The van der Waals surface area contributed by atoms with Crippen LogP contribution in [0.5, 0.6) is 0 Å². The monoisotopic (exact) mass is 275 g/mol. The highest BCUT2D eigenvalue weighted by molar-refractivity contribution is 7.13. The number of carbonyl (C=O) groups is 1. The van der Waals surface area contributed by atoms with E-state index in [1.165, 1.54) is 11.5 Å². The molecule has 1 aliphatic rings. The van der Waals surface area contributed by atoms with Crippen LogP contribution in [0.2, 0.25) is 0 Å². The normalized spacial score (nSPS) is 18.6. The molecule has 0 spiro atoms. The molecule has 1 aliphatic carbocycles. The maximum atomic E-state index is 11.8. The molecule has 1 aromatic carbocycles. The van der Waals surface area contributed by atoms with Gasteiger partial charge in [0.05, 0.1) is 15.8 Å². The number of hydrogen-bond donors (Lipinski definition) is 1. The zero-order valence-corrected chi connectivity index (χ0v) is 11.8. The van der Waals surface area contributed by atoms with Gasteiger partial charge < -0.3 is 5.11 Å². The number of rotatable bonds is 2. The SMILES string of the molecule is Cc1nsc2cc(C3(C(=O)O)CCCCC3)ccc12. The van der Waals surface area contributed by atoms with Crippen LogP contribution >= 0.6 is 11.5 Å². The molecule has 1 heterocycles. The third-order valence-electron chi connectivity index (χ3n) is 4.32. The fraction of sp³-hybridized carbons (Fsp3) is 0.467. The lowest BCUT2D eigenvalue weighted by Gasteiger charge is -2.33. The zero-order chi connectivity index (χ0) is 13.5. The van der Waals surface area contributed by atoms with Crippen molar-refractivity contribution in [1.82, 2.24) is 4.37 Å². The molecule has 0 saturated heterocycles. The van der Waals surface area contributed by atoms with E-state index in [9.17, 15) is 9.90 Å². The van der Waals surface area contributed by atoms with Crippen LogP contribution in [0.4, 0.5) is 0 Å². The number of carboxylic acids is 1. The second kappa shape index (κ2) is 4.60. The van der Waals surface area contributed by atoms with Crippen LogP contribution in [0.15, 0.2) is 18.2 Å². The molecule has 100 valence electrons. The summed E-state index contributed by atoms with van der Waals surface area (Å²) in [6.07, 6.45) is 4.67. The van der Waals surface area contributed by atoms with Crippen LogP contribution in [0, 0.1) is 6.92 Å². The zero-order valence-electron chi connectivity index (χ0n) is 11.0. The van der Waals surface area contributed by atoms with Gasteiger partial charge in [-0.25, -0.2) is 0 Å². The first-order chi connectivity index (χ1) is 9.13. The standard InChI is InChI=1S/C15H17NO2S/c1-10-12-6-5-11(9-13(12)19-16-10)15(14(17)18)7-3-2-4-8-15/h5-6,9H,2-4,7-8H2,1H3,(H,17,18). The molecule has 2 aromatic rings. The largest absolute Gasteiger partial charge is 0.481 e. The molecule has 0 radical (unpaired) electrons. The van der Waals surface area contributed by atoms with Gasteiger partial charge in [0, 0.05) is 5.39 Å². The van der Waals surface area contributed by atoms with E-state index >= 15 is 0 Å². The first kappa shape index (κ1) is 12.6. The molecule has 3 rings (SSSR count). The number of nitrogens with zero attached hydrogens (tertiary/aromatic N) is 1. The summed E-state index contributed by atoms with van der Waals surface area (Å²) in [6.45, 7) is 1.99. The fourth-order valence-corrected chi connectivity index (χ4v) is 3.97. The van der Waals surface area contributed by atoms with Crippen LogP contribution in [0.3, 0.4) is 0 Å². The molecule has 1 fully saturated rings. The van der Waals surface area contributed by atoms with Gasteiger partial charge in [-0.2, -0.15) is 4.37 Å². The molecule has 19 heavy (non-hydrogen) atoms. The Bertz CT molecular complexity index is 626. The van der Waals surface area contributed by atoms with E-state index in [-0.39, 0.29) is 0 Å². The Morgan fingerprint density at radius 3 is 2.74 bits per heavy atom. The lowest BCUT2D eigenvalue weighted by Crippen LogP contribution is -2.37. The number of fused-ring (bicyclic) bond motifs is 1. The predicted molar refractivity (Wildman–Crippen MR) is 76.8 cm³/mol. The van der Waals surface area contributed by atoms with E-state index < -0.39 is 11.4 Å². The number of carboxylic acid groups (broad SMARTS) is 1. The van der Waals surface area contributed by atoms with Gasteiger partial charge in [0.2, 0.25) is 0 Å². The Morgan fingerprint density at radius 1 is 1.32 bits per heavy atom. The summed E-state index contributed by atoms with van der Waals surface area (Å²) in [4.78, 5) is 11.8. The van der Waals surface area contributed by atoms with Gasteiger partial charge in [-0.15, -0.1) is 0 Å². The molecule has 1 N–H and O–H groups in total. The number of aryl methyl sites for hydroxylation is 1. The van der Waals surface area contributed by atoms with Crippen molar-refractivity contribution in [3.63, 3.8) is 0 Å². The molecule has 3 nitrogen and oxygen atoms in total. The van der Waals surface area contributed by atoms with E-state index in [1.807, 2.05) is 25.1 Å². The first-order valence-corrected chi connectivity index (χ1v) is 7.51. The van der Waals surface area contributed by atoms with Crippen molar-refractivity contribution in [1.29, 1.82) is 0 Å². The predicted octanol–water partition coefficient (Wildman–Crippen LogP) is 3.89. The Balaban J connectivity index is 2.12. The average molecular weight is 275 g/mol. The third-order valence-corrected chi connectivity index (χ3v) is 5.22. The van der Waals surface area contributed by atoms with Crippen molar-refractivity contribution in [3.05, 3.63) is 29.5 Å². The Labute approximate surface area is 116 Å². The van der Waals surface area contributed by atoms with Crippen LogP contribution in [0.1, 0.15) is 43.4 Å². The number of hydrogen-bond acceptors (Lipinski definition) is 3. The summed E-state index contributed by atoms with van der Waals surface area (Å²) in [6, 6.07) is 6.06. The van der Waals surface area contributed by atoms with Crippen molar-refractivity contribution < 1.29 is 9.90 Å². The van der Waals surface area contributed by atoms with Gasteiger partial charge in [-0.05, 0) is 42.9 Å². The van der Waals surface area contributed by atoms with Crippen LogP contribution in [-0.2, 0) is 10.2 Å². The topological polar surface area (TPSA) is 50.2 Å². The second-order valence-electron chi connectivity index (χ2n) is 5.43. The van der Waals surface area contributed by atoms with Crippen molar-refractivity contribution >= 4 is 27.6 Å². The van der Waals surface area contributed by atoms with Crippen LogP contribution < -0.4 is 0 Å². The minimum Gasteiger partial charge on any atom is -0.481 e. The maximum absolute atomic E-state index is 11.8. The van der Waals surface area contributed by atoms with Crippen molar-refractivity contribution in [2.24, 2.45) is 0 Å². The first-order valence-electron chi connectivity index (χ1n) is 6.73. The van der Waals surface area contributed by atoms with E-state index in [1.54, 1.807) is 0 Å². The summed E-state index contributed by atoms with van der Waals surface area (Å²) in [5.41, 5.74) is 1.31. The van der Waals surface area contributed by atoms with Crippen molar-refractivity contribution in [2.45, 2.75) is 44.4 Å². The quantitative estimate of drug-likeness (QED) is 0.904. The molecule has 0 unspecified atom stereocenters. The molecule has 0 bridgehead atoms. The summed E-state index contributed by atoms with van der Waals surface area (Å²) >= 11 is 1.46. The van der Waals surface area contributed by atoms with Crippen LogP contribution in [-0.4, -0.2) is 15.4 Å². The highest BCUT2D eigenvalue weighted by Crippen LogP contribution is 2.41. The molecular weight excluding hydrogens is 258 g/mol. The fourth-order valence-electron chi connectivity index (χ4n) is 3.14. The number of aliphatic carboxylic acids is 1. The Hall–Kier alpha value is -1.42. The van der Waals surface area contributed by atoms with Gasteiger partial charge >= 0.3 is 5.97 Å². The highest BCUT2D eigenvalue weighted by Gasteiger charge is 2.41. The van der Waals surface area contributed by atoms with Gasteiger partial charge in [0.15, 0.2) is 0 Å². The number of aromatic nitrogens is 1. The molecule has 1 aromatic heterocycles. The molecule has 4 heteroatoms. The minimum absolute atomic E-state index is 0.673. The Morgan fingerprint density at radius 2 is 2.05 bits per heavy atom. The lowest BCUT2D eigenvalue weighted by molar-refractivity contribution is -0.145. The molecule has 1 saturated carbocycles. The molecule has 0 amide bonds. The van der Waals surface area contributed by atoms with E-state index in [0.717, 1.165) is 53.4 Å². The van der Waals surface area contributed by atoms with E-state index in [0.29, 0.717) is 0 Å². The van der Waals surface area contributed by atoms with Gasteiger partial charge in [0.25, 0.3) is 0 Å². The van der Waals surface area contributed by atoms with Gasteiger partial charge in [0.1, 0.15) is 0 Å². The smallest absolute Gasteiger partial charge is 0.314 e. The van der Waals surface area contributed by atoms with E-state index in [2.05, 4.69) is 4.37 Å². The maximum Gasteiger partial charge on any atom is 0.314 e. The highest BCUT2D eigenvalue weighted by atomic mass is 32.1. The van der Waals surface area contributed by atoms with Gasteiger partial charge in [-0.3, -0.25) is 4.79 Å². The average Bonchev–Trinajstić information content (AvgIpc) is 2.80. The Kier molecular flexibility index (Phi) is 3.05. The summed E-state index contributed by atoms with van der Waals surface area (Å²) in [7, 11) is 0. The molecular formula is C15H17NO2S. The summed E-state index contributed by atoms with van der Waals surface area (Å²) < 4.78 is 5.44. The van der Waals surface area contributed by atoms with E-state index in [4.69, 9.17) is 0 Å². The molecule has 0 atom stereocenters. The van der Waals surface area contributed by atoms with Crippen molar-refractivity contribution in [3.8, 4) is 0 Å². The van der Waals surface area contributed by atoms with Gasteiger partial charge in [-0.1, -0.05) is 31.4 Å². The van der Waals surface area contributed by atoms with Crippen molar-refractivity contribution in [2.75, 3.05) is 0 Å². The summed E-state index contributed by atoms with van der Waals surface area (Å²) in [5.74, 6) is -0.673. The molecule has 0 aliphatic heterocycles. The third kappa shape index (κ3) is 1.94. The van der Waals surface area contributed by atoms with Crippen LogP contribution in [0.25, 0.3) is 10.1 Å². The second-order valence-corrected chi connectivity index (χ2v) is 6.23. The number of benzene rings is 1. The lowest BCUT2D eigenvalue weighted by atomic mass is 9.69. The summed E-state index contributed by atoms with van der Waals surface area (Å²) in [5, 5.41) is 10.9. The minimum atomic E-state index is -0.676.